The average Bonchev–Trinajstić information content (AvgIpc) is 3.44. The van der Waals surface area contributed by atoms with Crippen molar-refractivity contribution in [1.82, 2.24) is 0 Å². The molecule has 5 rings (SSSR count). The maximum Gasteiger partial charge on any atom is 0.203 e. The van der Waals surface area contributed by atoms with Crippen molar-refractivity contribution in [2.45, 2.75) is 12.5 Å². The number of benzene rings is 4. The van der Waals surface area contributed by atoms with E-state index >= 15 is 0 Å². The third-order valence-corrected chi connectivity index (χ3v) is 7.13. The van der Waals surface area contributed by atoms with Crippen LogP contribution >= 0.6 is 0 Å². The van der Waals surface area contributed by atoms with Gasteiger partial charge in [-0.25, -0.2) is 0 Å². The van der Waals surface area contributed by atoms with E-state index in [1.54, 1.807) is 42.7 Å². The van der Waals surface area contributed by atoms with Gasteiger partial charge in [-0.15, -0.1) is 0 Å². The van der Waals surface area contributed by atoms with Crippen LogP contribution in [0.3, 0.4) is 0 Å². The van der Waals surface area contributed by atoms with Gasteiger partial charge in [0.15, 0.2) is 23.0 Å². The monoisotopic (exact) mass is 544 g/mol. The first-order valence-corrected chi connectivity index (χ1v) is 12.7. The zero-order valence-electron chi connectivity index (χ0n) is 23.3. The molecule has 0 amide bonds. The second-order valence-electron chi connectivity index (χ2n) is 9.10. The smallest absolute Gasteiger partial charge is 0.203 e. The van der Waals surface area contributed by atoms with Gasteiger partial charge in [0.2, 0.25) is 11.5 Å². The van der Waals surface area contributed by atoms with Crippen LogP contribution in [-0.4, -0.2) is 53.5 Å². The Morgan fingerprint density at radius 2 is 1.35 bits per heavy atom. The lowest BCUT2D eigenvalue weighted by molar-refractivity contribution is 0.320. The van der Waals surface area contributed by atoms with Gasteiger partial charge in [0, 0.05) is 35.1 Å². The van der Waals surface area contributed by atoms with Gasteiger partial charge >= 0.3 is 0 Å². The van der Waals surface area contributed by atoms with E-state index in [-0.39, 0.29) is 11.8 Å². The number of hydrogen-bond acceptors (Lipinski definition) is 9. The highest BCUT2D eigenvalue weighted by Gasteiger charge is 2.35. The van der Waals surface area contributed by atoms with Crippen LogP contribution in [0.1, 0.15) is 23.6 Å². The topological polar surface area (TPSA) is 91.2 Å². The van der Waals surface area contributed by atoms with Crippen LogP contribution in [0.5, 0.6) is 40.2 Å². The summed E-state index contributed by atoms with van der Waals surface area (Å²) in [6.07, 6.45) is 0.467. The summed E-state index contributed by atoms with van der Waals surface area (Å²) in [6.45, 7) is 0. The van der Waals surface area contributed by atoms with Crippen LogP contribution in [0, 0.1) is 0 Å². The van der Waals surface area contributed by atoms with E-state index in [1.807, 2.05) is 65.7 Å². The average molecular weight is 545 g/mol. The first-order valence-electron chi connectivity index (χ1n) is 12.7. The molecular weight excluding hydrogens is 512 g/mol. The molecule has 4 aromatic rings. The highest BCUT2D eigenvalue weighted by atomic mass is 16.5. The number of nitrogens with zero attached hydrogens (tertiary/aromatic N) is 2. The molecule has 1 unspecified atom stereocenters. The number of rotatable bonds is 9. The first-order chi connectivity index (χ1) is 19.5. The van der Waals surface area contributed by atoms with Crippen molar-refractivity contribution in [3.05, 3.63) is 71.8 Å². The second kappa shape index (κ2) is 11.1. The Hall–Kier alpha value is -4.79. The van der Waals surface area contributed by atoms with Crippen LogP contribution in [0.15, 0.2) is 65.8 Å². The summed E-state index contributed by atoms with van der Waals surface area (Å²) >= 11 is 0. The maximum absolute atomic E-state index is 11.3. The Kier molecular flexibility index (Phi) is 7.46. The number of methoxy groups -OCH3 is 6. The number of phenols is 1. The summed E-state index contributed by atoms with van der Waals surface area (Å²) in [5, 5.41) is 19.9. The number of fused-ring (bicyclic) bond motifs is 1. The van der Waals surface area contributed by atoms with Crippen LogP contribution in [-0.2, 0) is 0 Å². The lowest BCUT2D eigenvalue weighted by Crippen LogP contribution is -2.20. The van der Waals surface area contributed by atoms with E-state index in [2.05, 4.69) is 0 Å². The number of anilines is 1. The number of ether oxygens (including phenoxy) is 6. The third-order valence-electron chi connectivity index (χ3n) is 7.13. The highest BCUT2D eigenvalue weighted by Crippen LogP contribution is 2.50. The van der Waals surface area contributed by atoms with Gasteiger partial charge in [0.05, 0.1) is 60.1 Å². The Morgan fingerprint density at radius 1 is 0.700 bits per heavy atom. The minimum Gasteiger partial charge on any atom is -0.507 e. The summed E-state index contributed by atoms with van der Waals surface area (Å²) in [5.41, 5.74) is 2.89. The van der Waals surface area contributed by atoms with Crippen molar-refractivity contribution in [2.24, 2.45) is 5.10 Å². The van der Waals surface area contributed by atoms with Gasteiger partial charge in [-0.05, 0) is 23.6 Å². The normalized spacial score (nSPS) is 14.6. The fourth-order valence-electron chi connectivity index (χ4n) is 5.23. The molecule has 9 heteroatoms. The number of hydrogen-bond donors (Lipinski definition) is 1. The van der Waals surface area contributed by atoms with Crippen molar-refractivity contribution in [3.63, 3.8) is 0 Å². The molecule has 0 aliphatic carbocycles. The molecular formula is C31H32N2O7. The lowest BCUT2D eigenvalue weighted by atomic mass is 9.95. The van der Waals surface area contributed by atoms with Crippen molar-refractivity contribution in [1.29, 1.82) is 0 Å². The quantitative estimate of drug-likeness (QED) is 0.276. The van der Waals surface area contributed by atoms with Crippen molar-refractivity contribution in [3.8, 4) is 40.2 Å². The molecule has 0 aromatic heterocycles. The molecule has 0 spiro atoms. The molecule has 40 heavy (non-hydrogen) atoms. The molecule has 1 aliphatic heterocycles. The predicted molar refractivity (Wildman–Crippen MR) is 154 cm³/mol. The van der Waals surface area contributed by atoms with Crippen LogP contribution < -0.4 is 33.4 Å². The van der Waals surface area contributed by atoms with Gasteiger partial charge in [-0.3, -0.25) is 5.01 Å². The fourth-order valence-corrected chi connectivity index (χ4v) is 5.23. The van der Waals surface area contributed by atoms with Crippen molar-refractivity contribution >= 4 is 22.2 Å². The van der Waals surface area contributed by atoms with Gasteiger partial charge in [-0.2, -0.15) is 5.10 Å². The van der Waals surface area contributed by atoms with E-state index in [0.29, 0.717) is 57.9 Å². The minimum atomic E-state index is -0.335. The van der Waals surface area contributed by atoms with Crippen LogP contribution in [0.25, 0.3) is 10.8 Å². The molecule has 1 aliphatic rings. The summed E-state index contributed by atoms with van der Waals surface area (Å²) in [4.78, 5) is 0. The first kappa shape index (κ1) is 26.8. The number of phenolic OH excluding ortho intramolecular Hbond substituents is 1. The van der Waals surface area contributed by atoms with Gasteiger partial charge in [0.1, 0.15) is 5.75 Å². The molecule has 0 radical (unpaired) electrons. The molecule has 1 N–H and O–H groups in total. The highest BCUT2D eigenvalue weighted by molar-refractivity contribution is 6.09. The molecule has 208 valence electrons. The standard InChI is InChI=1S/C31H32N2O7/c1-35-25-14-13-22(29(38-4)31(25)40-6)24-17-23(21-12-11-18-9-7-8-10-20(18)28(21)34)32-33(24)19-15-26(36-2)30(39-5)27(16-19)37-3/h7-16,24,34H,17H2,1-6H3. The molecule has 0 bridgehead atoms. The van der Waals surface area contributed by atoms with Gasteiger partial charge in [-0.1, -0.05) is 30.3 Å². The Balaban J connectivity index is 1.72. The zero-order chi connectivity index (χ0) is 28.4. The molecule has 1 heterocycles. The predicted octanol–water partition coefficient (Wildman–Crippen LogP) is 5.95. The number of hydrazone groups is 1. The van der Waals surface area contributed by atoms with Crippen molar-refractivity contribution in [2.75, 3.05) is 47.7 Å². The Morgan fingerprint density at radius 3 is 1.98 bits per heavy atom. The Bertz CT molecular complexity index is 1560. The summed E-state index contributed by atoms with van der Waals surface area (Å²) in [5.74, 6) is 3.21. The van der Waals surface area contributed by atoms with Gasteiger partial charge in [0.25, 0.3) is 0 Å². The largest absolute Gasteiger partial charge is 0.507 e. The second-order valence-corrected chi connectivity index (χ2v) is 9.10. The van der Waals surface area contributed by atoms with E-state index in [0.717, 1.165) is 16.3 Å². The summed E-state index contributed by atoms with van der Waals surface area (Å²) in [6, 6.07) is 18.7. The van der Waals surface area contributed by atoms with Crippen LogP contribution in [0.4, 0.5) is 5.69 Å². The molecule has 0 saturated carbocycles. The molecule has 0 saturated heterocycles. The van der Waals surface area contributed by atoms with Crippen molar-refractivity contribution < 1.29 is 33.5 Å². The SMILES string of the molecule is COc1cc(N2N=C(c3ccc4ccccc4c3O)CC2c2ccc(OC)c(OC)c2OC)cc(OC)c1OC. The Labute approximate surface area is 233 Å². The summed E-state index contributed by atoms with van der Waals surface area (Å²) in [7, 11) is 9.45. The fraction of sp³-hybridized carbons (Fsp3) is 0.258. The molecule has 0 fully saturated rings. The van der Waals surface area contributed by atoms with E-state index in [1.165, 1.54) is 0 Å². The van der Waals surface area contributed by atoms with E-state index in [9.17, 15) is 5.11 Å². The zero-order valence-corrected chi connectivity index (χ0v) is 23.3. The van der Waals surface area contributed by atoms with E-state index in [4.69, 9.17) is 33.5 Å². The minimum absolute atomic E-state index is 0.182. The number of aromatic hydroxyl groups is 1. The maximum atomic E-state index is 11.3. The molecule has 1 atom stereocenters. The van der Waals surface area contributed by atoms with Crippen LogP contribution in [0.2, 0.25) is 0 Å². The molecule has 4 aromatic carbocycles. The summed E-state index contributed by atoms with van der Waals surface area (Å²) < 4.78 is 33.8. The third kappa shape index (κ3) is 4.43. The lowest BCUT2D eigenvalue weighted by Gasteiger charge is -2.27. The molecule has 9 nitrogen and oxygen atoms in total. The van der Waals surface area contributed by atoms with E-state index < -0.39 is 0 Å². The van der Waals surface area contributed by atoms with Gasteiger partial charge < -0.3 is 33.5 Å².